The molecule has 0 bridgehead atoms. The summed E-state index contributed by atoms with van der Waals surface area (Å²) >= 11 is 0. The van der Waals surface area contributed by atoms with Gasteiger partial charge >= 0.3 is 0 Å². The van der Waals surface area contributed by atoms with Gasteiger partial charge in [0.2, 0.25) is 0 Å². The SMILES string of the molecule is O=C(Nc1ccccc1)c1cccc(CN2CCOc3ccccc3C2)c1. The first kappa shape index (κ1) is 17.3. The molecule has 0 aromatic heterocycles. The lowest BCUT2D eigenvalue weighted by molar-refractivity contribution is 0.102. The molecule has 1 aliphatic rings. The number of ether oxygens (including phenoxy) is 1. The monoisotopic (exact) mass is 358 g/mol. The molecule has 27 heavy (non-hydrogen) atoms. The quantitative estimate of drug-likeness (QED) is 0.755. The number of hydrogen-bond acceptors (Lipinski definition) is 3. The van der Waals surface area contributed by atoms with Crippen LogP contribution in [0.15, 0.2) is 78.9 Å². The third-order valence-electron chi connectivity index (χ3n) is 4.66. The fourth-order valence-corrected chi connectivity index (χ4v) is 3.31. The summed E-state index contributed by atoms with van der Waals surface area (Å²) in [5.41, 5.74) is 3.79. The van der Waals surface area contributed by atoms with Gasteiger partial charge < -0.3 is 10.1 Å². The standard InChI is InChI=1S/C23H22N2O2/c26-23(24-21-10-2-1-3-11-21)19-9-6-7-18(15-19)16-25-13-14-27-22-12-5-4-8-20(22)17-25/h1-12,15H,13-14,16-17H2,(H,24,26). The maximum Gasteiger partial charge on any atom is 0.255 e. The highest BCUT2D eigenvalue weighted by Crippen LogP contribution is 2.23. The lowest BCUT2D eigenvalue weighted by Gasteiger charge is -2.19. The van der Waals surface area contributed by atoms with Crippen LogP contribution >= 0.6 is 0 Å². The van der Waals surface area contributed by atoms with Gasteiger partial charge in [-0.3, -0.25) is 9.69 Å². The molecule has 136 valence electrons. The van der Waals surface area contributed by atoms with Crippen molar-refractivity contribution in [2.75, 3.05) is 18.5 Å². The minimum atomic E-state index is -0.0902. The molecule has 3 aromatic rings. The predicted molar refractivity (Wildman–Crippen MR) is 107 cm³/mol. The van der Waals surface area contributed by atoms with Gasteiger partial charge in [0.1, 0.15) is 12.4 Å². The maximum absolute atomic E-state index is 12.5. The minimum absolute atomic E-state index is 0.0902. The van der Waals surface area contributed by atoms with Crippen molar-refractivity contribution in [2.45, 2.75) is 13.1 Å². The van der Waals surface area contributed by atoms with Crippen LogP contribution in [-0.2, 0) is 13.1 Å². The predicted octanol–water partition coefficient (Wildman–Crippen LogP) is 4.33. The van der Waals surface area contributed by atoms with Crippen LogP contribution in [0, 0.1) is 0 Å². The number of hydrogen-bond donors (Lipinski definition) is 1. The summed E-state index contributed by atoms with van der Waals surface area (Å²) in [6.07, 6.45) is 0. The second-order valence-electron chi connectivity index (χ2n) is 6.69. The Morgan fingerprint density at radius 1 is 0.963 bits per heavy atom. The van der Waals surface area contributed by atoms with Gasteiger partial charge in [-0.05, 0) is 35.9 Å². The van der Waals surface area contributed by atoms with Crippen molar-refractivity contribution in [3.05, 3.63) is 95.6 Å². The van der Waals surface area contributed by atoms with Crippen LogP contribution in [0.4, 0.5) is 5.69 Å². The Morgan fingerprint density at radius 2 is 1.78 bits per heavy atom. The van der Waals surface area contributed by atoms with Gasteiger partial charge in [0, 0.05) is 36.4 Å². The Kier molecular flexibility index (Phi) is 5.17. The highest BCUT2D eigenvalue weighted by atomic mass is 16.5. The zero-order valence-corrected chi connectivity index (χ0v) is 15.1. The first-order chi connectivity index (χ1) is 13.3. The molecule has 0 saturated carbocycles. The summed E-state index contributed by atoms with van der Waals surface area (Å²) in [5.74, 6) is 0.878. The van der Waals surface area contributed by atoms with Crippen LogP contribution in [0.25, 0.3) is 0 Å². The van der Waals surface area contributed by atoms with Gasteiger partial charge in [0.05, 0.1) is 0 Å². The number of benzene rings is 3. The molecule has 0 aliphatic carbocycles. The summed E-state index contributed by atoms with van der Waals surface area (Å²) in [6.45, 7) is 3.15. The number of anilines is 1. The first-order valence-corrected chi connectivity index (χ1v) is 9.16. The fourth-order valence-electron chi connectivity index (χ4n) is 3.31. The Labute approximate surface area is 159 Å². The van der Waals surface area contributed by atoms with Crippen molar-refractivity contribution in [1.29, 1.82) is 0 Å². The summed E-state index contributed by atoms with van der Waals surface area (Å²) in [7, 11) is 0. The van der Waals surface area contributed by atoms with Crippen molar-refractivity contribution in [1.82, 2.24) is 4.90 Å². The summed E-state index contributed by atoms with van der Waals surface area (Å²) < 4.78 is 5.84. The molecule has 0 saturated heterocycles. The van der Waals surface area contributed by atoms with Crippen molar-refractivity contribution in [2.24, 2.45) is 0 Å². The van der Waals surface area contributed by atoms with Gasteiger partial charge in [-0.2, -0.15) is 0 Å². The molecule has 1 N–H and O–H groups in total. The van der Waals surface area contributed by atoms with Gasteiger partial charge in [0.25, 0.3) is 5.91 Å². The summed E-state index contributed by atoms with van der Waals surface area (Å²) in [6, 6.07) is 25.5. The third kappa shape index (κ3) is 4.36. The maximum atomic E-state index is 12.5. The van der Waals surface area contributed by atoms with E-state index in [0.29, 0.717) is 12.2 Å². The smallest absolute Gasteiger partial charge is 0.255 e. The van der Waals surface area contributed by atoms with Crippen LogP contribution in [0.1, 0.15) is 21.5 Å². The molecule has 1 amide bonds. The lowest BCUT2D eigenvalue weighted by Crippen LogP contribution is -2.25. The number of rotatable bonds is 4. The van der Waals surface area contributed by atoms with Gasteiger partial charge in [-0.15, -0.1) is 0 Å². The Morgan fingerprint density at radius 3 is 2.67 bits per heavy atom. The van der Waals surface area contributed by atoms with Gasteiger partial charge in [-0.25, -0.2) is 0 Å². The molecule has 0 spiro atoms. The highest BCUT2D eigenvalue weighted by molar-refractivity contribution is 6.04. The lowest BCUT2D eigenvalue weighted by atomic mass is 10.1. The van der Waals surface area contributed by atoms with Crippen molar-refractivity contribution in [3.63, 3.8) is 0 Å². The van der Waals surface area contributed by atoms with E-state index in [1.807, 2.05) is 66.7 Å². The largest absolute Gasteiger partial charge is 0.492 e. The highest BCUT2D eigenvalue weighted by Gasteiger charge is 2.15. The molecule has 4 nitrogen and oxygen atoms in total. The topological polar surface area (TPSA) is 41.6 Å². The Bertz CT molecular complexity index is 924. The molecule has 0 unspecified atom stereocenters. The number of amides is 1. The van der Waals surface area contributed by atoms with Gasteiger partial charge in [0.15, 0.2) is 0 Å². The van der Waals surface area contributed by atoms with E-state index in [-0.39, 0.29) is 5.91 Å². The Hall–Kier alpha value is -3.11. The molecular formula is C23H22N2O2. The van der Waals surface area contributed by atoms with E-state index in [1.165, 1.54) is 5.56 Å². The fraction of sp³-hybridized carbons (Fsp3) is 0.174. The second kappa shape index (κ2) is 8.06. The summed E-state index contributed by atoms with van der Waals surface area (Å²) in [4.78, 5) is 14.9. The van der Waals surface area contributed by atoms with Crippen molar-refractivity contribution in [3.8, 4) is 5.75 Å². The number of carbonyl (C=O) groups is 1. The number of para-hydroxylation sites is 2. The molecule has 0 fully saturated rings. The molecule has 0 atom stereocenters. The number of nitrogens with zero attached hydrogens (tertiary/aromatic N) is 1. The van der Waals surface area contributed by atoms with E-state index in [2.05, 4.69) is 22.3 Å². The van der Waals surface area contributed by atoms with Crippen LogP contribution in [0.3, 0.4) is 0 Å². The zero-order valence-electron chi connectivity index (χ0n) is 15.1. The molecule has 1 aliphatic heterocycles. The molecular weight excluding hydrogens is 336 g/mol. The second-order valence-corrected chi connectivity index (χ2v) is 6.69. The first-order valence-electron chi connectivity index (χ1n) is 9.16. The third-order valence-corrected chi connectivity index (χ3v) is 4.66. The van der Waals surface area contributed by atoms with Crippen LogP contribution < -0.4 is 10.1 Å². The normalized spacial score (nSPS) is 13.9. The van der Waals surface area contributed by atoms with Crippen LogP contribution in [0.5, 0.6) is 5.75 Å². The number of carbonyl (C=O) groups excluding carboxylic acids is 1. The van der Waals surface area contributed by atoms with Crippen LogP contribution in [-0.4, -0.2) is 24.0 Å². The molecule has 0 radical (unpaired) electrons. The molecule has 3 aromatic carbocycles. The van der Waals surface area contributed by atoms with E-state index >= 15 is 0 Å². The van der Waals surface area contributed by atoms with Crippen LogP contribution in [0.2, 0.25) is 0 Å². The number of fused-ring (bicyclic) bond motifs is 1. The van der Waals surface area contributed by atoms with Gasteiger partial charge in [-0.1, -0.05) is 48.5 Å². The molecule has 1 heterocycles. The molecule has 4 heteroatoms. The van der Waals surface area contributed by atoms with E-state index in [9.17, 15) is 4.79 Å². The average molecular weight is 358 g/mol. The number of nitrogens with one attached hydrogen (secondary N) is 1. The van der Waals surface area contributed by atoms with E-state index in [0.717, 1.165) is 36.6 Å². The van der Waals surface area contributed by atoms with E-state index in [4.69, 9.17) is 4.74 Å². The zero-order chi connectivity index (χ0) is 18.5. The Balaban J connectivity index is 1.46. The minimum Gasteiger partial charge on any atom is -0.492 e. The summed E-state index contributed by atoms with van der Waals surface area (Å²) in [5, 5.41) is 2.94. The van der Waals surface area contributed by atoms with E-state index < -0.39 is 0 Å². The van der Waals surface area contributed by atoms with Crippen molar-refractivity contribution >= 4 is 11.6 Å². The van der Waals surface area contributed by atoms with E-state index in [1.54, 1.807) is 0 Å². The van der Waals surface area contributed by atoms with Crippen molar-refractivity contribution < 1.29 is 9.53 Å². The molecule has 4 rings (SSSR count). The average Bonchev–Trinajstić information content (AvgIpc) is 2.90.